The van der Waals surface area contributed by atoms with Crippen LogP contribution in [-0.2, 0) is 11.3 Å². The summed E-state index contributed by atoms with van der Waals surface area (Å²) in [5.41, 5.74) is 2.08. The molecule has 0 fully saturated rings. The van der Waals surface area contributed by atoms with Crippen molar-refractivity contribution in [2.45, 2.75) is 38.0 Å². The second kappa shape index (κ2) is 11.0. The van der Waals surface area contributed by atoms with Gasteiger partial charge < -0.3 is 29.7 Å². The van der Waals surface area contributed by atoms with Crippen molar-refractivity contribution < 1.29 is 29.6 Å². The maximum atomic E-state index is 11.1. The number of rotatable bonds is 3. The number of carboxylic acid groups (broad SMARTS) is 1. The molecule has 0 aromatic heterocycles. The first-order valence-electron chi connectivity index (χ1n) is 10.3. The highest BCUT2D eigenvalue weighted by Crippen LogP contribution is 2.30. The molecule has 0 amide bonds. The molecule has 1 aliphatic heterocycles. The average molecular weight is 415 g/mol. The zero-order chi connectivity index (χ0) is 21.3. The highest BCUT2D eigenvalue weighted by atomic mass is 16.5. The molecule has 3 rings (SSSR count). The highest BCUT2D eigenvalue weighted by molar-refractivity contribution is 5.87. The number of ether oxygens (including phenoxy) is 2. The van der Waals surface area contributed by atoms with Crippen molar-refractivity contribution in [2.24, 2.45) is 0 Å². The summed E-state index contributed by atoms with van der Waals surface area (Å²) in [4.78, 5) is 13.2. The lowest BCUT2D eigenvalue weighted by molar-refractivity contribution is -0.0405. The lowest BCUT2D eigenvalue weighted by Crippen LogP contribution is -2.35. The Balaban J connectivity index is 1.84. The summed E-state index contributed by atoms with van der Waals surface area (Å²) in [5, 5.41) is 29.6. The van der Waals surface area contributed by atoms with Gasteiger partial charge in [0.15, 0.2) is 0 Å². The molecule has 0 unspecified atom stereocenters. The van der Waals surface area contributed by atoms with Gasteiger partial charge in [-0.05, 0) is 49.1 Å². The molecule has 2 atom stereocenters. The smallest absolute Gasteiger partial charge is 0.335 e. The highest BCUT2D eigenvalue weighted by Gasteiger charge is 2.20. The SMILES string of the molecule is O=C(O)c1ccc(CN2CC[C@H](O)[C@H](O)COCCCCOc3ccccc32)cc1. The molecule has 7 heteroatoms. The fourth-order valence-electron chi connectivity index (χ4n) is 3.38. The maximum absolute atomic E-state index is 11.1. The molecule has 7 nitrogen and oxygen atoms in total. The quantitative estimate of drug-likeness (QED) is 0.709. The minimum atomic E-state index is -0.960. The van der Waals surface area contributed by atoms with Crippen molar-refractivity contribution in [3.8, 4) is 5.75 Å². The summed E-state index contributed by atoms with van der Waals surface area (Å²) in [6.07, 6.45) is 0.148. The fourth-order valence-corrected chi connectivity index (χ4v) is 3.38. The van der Waals surface area contributed by atoms with Crippen LogP contribution in [0.5, 0.6) is 5.75 Å². The second-order valence-electron chi connectivity index (χ2n) is 7.45. The Kier molecular flexibility index (Phi) is 8.07. The van der Waals surface area contributed by atoms with Crippen molar-refractivity contribution in [3.05, 3.63) is 59.7 Å². The van der Waals surface area contributed by atoms with Crippen LogP contribution < -0.4 is 9.64 Å². The molecular formula is C23H29NO6. The summed E-state index contributed by atoms with van der Waals surface area (Å²) in [6, 6.07) is 14.5. The van der Waals surface area contributed by atoms with Crippen molar-refractivity contribution in [3.63, 3.8) is 0 Å². The minimum absolute atomic E-state index is 0.106. The van der Waals surface area contributed by atoms with Gasteiger partial charge in [0.05, 0.1) is 30.6 Å². The third-order valence-electron chi connectivity index (χ3n) is 5.15. The molecule has 0 bridgehead atoms. The van der Waals surface area contributed by atoms with Crippen LogP contribution >= 0.6 is 0 Å². The van der Waals surface area contributed by atoms with Gasteiger partial charge in [-0.15, -0.1) is 0 Å². The van der Waals surface area contributed by atoms with Crippen LogP contribution in [0.25, 0.3) is 0 Å². The van der Waals surface area contributed by atoms with E-state index in [9.17, 15) is 15.0 Å². The van der Waals surface area contributed by atoms with Crippen LogP contribution in [-0.4, -0.2) is 59.9 Å². The maximum Gasteiger partial charge on any atom is 0.335 e. The Bertz CT molecular complexity index is 810. The molecule has 30 heavy (non-hydrogen) atoms. The molecule has 0 radical (unpaired) electrons. The van der Waals surface area contributed by atoms with Crippen molar-refractivity contribution in [2.75, 3.05) is 31.3 Å². The summed E-state index contributed by atoms with van der Waals surface area (Å²) in [6.45, 7) is 2.19. The van der Waals surface area contributed by atoms with E-state index in [1.807, 2.05) is 24.3 Å². The molecule has 162 valence electrons. The third-order valence-corrected chi connectivity index (χ3v) is 5.15. The second-order valence-corrected chi connectivity index (χ2v) is 7.45. The Hall–Kier alpha value is -2.61. The molecule has 0 saturated carbocycles. The number of fused-ring (bicyclic) bond motifs is 1. The first-order chi connectivity index (χ1) is 14.5. The third kappa shape index (κ3) is 6.19. The fraction of sp³-hybridized carbons (Fsp3) is 0.435. The van der Waals surface area contributed by atoms with Gasteiger partial charge in [0, 0.05) is 19.7 Å². The number of aromatic carboxylic acids is 1. The number of aliphatic hydroxyl groups is 2. The number of benzene rings is 2. The van der Waals surface area contributed by atoms with Crippen LogP contribution in [0.4, 0.5) is 5.69 Å². The lowest BCUT2D eigenvalue weighted by Gasteiger charge is -2.29. The van der Waals surface area contributed by atoms with Crippen molar-refractivity contribution >= 4 is 11.7 Å². The zero-order valence-electron chi connectivity index (χ0n) is 16.9. The van der Waals surface area contributed by atoms with Crippen LogP contribution in [0.2, 0.25) is 0 Å². The van der Waals surface area contributed by atoms with Gasteiger partial charge in [0.25, 0.3) is 0 Å². The van der Waals surface area contributed by atoms with E-state index < -0.39 is 18.2 Å². The molecular weight excluding hydrogens is 386 g/mol. The molecule has 1 heterocycles. The average Bonchev–Trinajstić information content (AvgIpc) is 2.75. The normalized spacial score (nSPS) is 21.2. The monoisotopic (exact) mass is 415 g/mol. The number of anilines is 1. The molecule has 0 spiro atoms. The van der Waals surface area contributed by atoms with E-state index in [-0.39, 0.29) is 12.2 Å². The topological polar surface area (TPSA) is 99.5 Å². The zero-order valence-corrected chi connectivity index (χ0v) is 16.9. The summed E-state index contributed by atoms with van der Waals surface area (Å²) >= 11 is 0. The summed E-state index contributed by atoms with van der Waals surface area (Å²) < 4.78 is 11.5. The largest absolute Gasteiger partial charge is 0.491 e. The molecule has 0 saturated heterocycles. The van der Waals surface area contributed by atoms with Crippen molar-refractivity contribution in [1.82, 2.24) is 0 Å². The van der Waals surface area contributed by atoms with E-state index in [1.54, 1.807) is 24.3 Å². The van der Waals surface area contributed by atoms with Gasteiger partial charge in [0.2, 0.25) is 0 Å². The number of hydrogen-bond donors (Lipinski definition) is 3. The summed E-state index contributed by atoms with van der Waals surface area (Å²) in [7, 11) is 0. The van der Waals surface area contributed by atoms with Gasteiger partial charge in [0.1, 0.15) is 11.9 Å². The molecule has 1 aliphatic rings. The van der Waals surface area contributed by atoms with Crippen LogP contribution in [0.15, 0.2) is 48.5 Å². The minimum Gasteiger partial charge on any atom is -0.491 e. The van der Waals surface area contributed by atoms with Gasteiger partial charge in [-0.25, -0.2) is 4.79 Å². The first kappa shape index (κ1) is 22.1. The van der Waals surface area contributed by atoms with Gasteiger partial charge in [-0.2, -0.15) is 0 Å². The van der Waals surface area contributed by atoms with Crippen LogP contribution in [0.3, 0.4) is 0 Å². The Labute approximate surface area is 176 Å². The number of carbonyl (C=O) groups is 1. The van der Waals surface area contributed by atoms with Crippen LogP contribution in [0.1, 0.15) is 35.2 Å². The first-order valence-corrected chi connectivity index (χ1v) is 10.3. The van der Waals surface area contributed by atoms with Crippen LogP contribution in [0, 0.1) is 0 Å². The van der Waals surface area contributed by atoms with Crippen molar-refractivity contribution in [1.29, 1.82) is 0 Å². The van der Waals surface area contributed by atoms with E-state index >= 15 is 0 Å². The number of carboxylic acids is 1. The van der Waals surface area contributed by atoms with E-state index in [1.165, 1.54) is 0 Å². The molecule has 0 aliphatic carbocycles. The predicted molar refractivity (Wildman–Crippen MR) is 113 cm³/mol. The lowest BCUT2D eigenvalue weighted by atomic mass is 10.1. The molecule has 2 aromatic rings. The molecule has 2 aromatic carbocycles. The number of para-hydroxylation sites is 2. The van der Waals surface area contributed by atoms with E-state index in [0.29, 0.717) is 32.7 Å². The molecule has 3 N–H and O–H groups in total. The van der Waals surface area contributed by atoms with Gasteiger partial charge in [-0.1, -0.05) is 24.3 Å². The standard InChI is InChI=1S/C23H29NO6/c25-20-11-12-24(15-17-7-9-18(10-8-17)23(27)28)19-5-1-2-6-22(19)30-14-4-3-13-29-16-21(20)26/h1-2,5-10,20-21,25-26H,3-4,11-16H2,(H,27,28)/t20-,21+/m0/s1. The Morgan fingerprint density at radius 3 is 2.50 bits per heavy atom. The number of aliphatic hydroxyl groups excluding tert-OH is 2. The Morgan fingerprint density at radius 1 is 1.00 bits per heavy atom. The Morgan fingerprint density at radius 2 is 1.73 bits per heavy atom. The number of nitrogens with zero attached hydrogens (tertiary/aromatic N) is 1. The van der Waals surface area contributed by atoms with Gasteiger partial charge >= 0.3 is 5.97 Å². The predicted octanol–water partition coefficient (Wildman–Crippen LogP) is 2.69. The van der Waals surface area contributed by atoms with Gasteiger partial charge in [-0.3, -0.25) is 0 Å². The van der Waals surface area contributed by atoms with E-state index in [4.69, 9.17) is 14.6 Å². The summed E-state index contributed by atoms with van der Waals surface area (Å²) in [5.74, 6) is -0.203. The van der Waals surface area contributed by atoms with E-state index in [0.717, 1.165) is 29.8 Å². The van der Waals surface area contributed by atoms with E-state index in [2.05, 4.69) is 4.90 Å². The number of hydrogen-bond acceptors (Lipinski definition) is 6.